The molecule has 0 saturated heterocycles. The maximum Gasteiger partial charge on any atom is 0.500 e. The zero-order valence-electron chi connectivity index (χ0n) is 11.6. The highest BCUT2D eigenvalue weighted by molar-refractivity contribution is 6.60. The molecule has 0 saturated carbocycles. The van der Waals surface area contributed by atoms with E-state index in [2.05, 4.69) is 0 Å². The molecule has 2 N–H and O–H groups in total. The minimum atomic E-state index is -2.55. The Morgan fingerprint density at radius 2 is 1.78 bits per heavy atom. The first-order valence-electron chi connectivity index (χ1n) is 6.33. The number of aliphatic hydroxyl groups is 2. The third-order valence-electron chi connectivity index (χ3n) is 2.33. The van der Waals surface area contributed by atoms with Crippen LogP contribution < -0.4 is 0 Å². The highest BCUT2D eigenvalue weighted by Gasteiger charge is 2.38. The zero-order chi connectivity index (χ0) is 13.9. The van der Waals surface area contributed by atoms with Crippen LogP contribution in [0.4, 0.5) is 0 Å². The molecule has 0 amide bonds. The van der Waals surface area contributed by atoms with Crippen molar-refractivity contribution in [1.82, 2.24) is 0 Å². The Morgan fingerprint density at radius 3 is 2.22 bits per heavy atom. The van der Waals surface area contributed by atoms with Crippen LogP contribution >= 0.6 is 0 Å². The van der Waals surface area contributed by atoms with Gasteiger partial charge in [-0.3, -0.25) is 0 Å². The van der Waals surface area contributed by atoms with Crippen molar-refractivity contribution in [3.05, 3.63) is 0 Å². The van der Waals surface area contributed by atoms with Crippen LogP contribution in [0, 0.1) is 0 Å². The van der Waals surface area contributed by atoms with E-state index in [9.17, 15) is 0 Å². The average molecular weight is 282 g/mol. The van der Waals surface area contributed by atoms with Gasteiger partial charge in [-0.05, 0) is 20.3 Å². The summed E-state index contributed by atoms with van der Waals surface area (Å²) in [6.07, 6.45) is -0.0775. The van der Waals surface area contributed by atoms with Crippen molar-refractivity contribution in [2.75, 3.05) is 40.1 Å². The van der Waals surface area contributed by atoms with Crippen molar-refractivity contribution in [3.8, 4) is 0 Å². The summed E-state index contributed by atoms with van der Waals surface area (Å²) < 4.78 is 21.9. The summed E-state index contributed by atoms with van der Waals surface area (Å²) in [7, 11) is -0.942. The first-order valence-corrected chi connectivity index (χ1v) is 8.27. The Labute approximate surface area is 110 Å². The van der Waals surface area contributed by atoms with E-state index in [0.717, 1.165) is 6.42 Å². The van der Waals surface area contributed by atoms with E-state index in [1.807, 2.05) is 13.8 Å². The van der Waals surface area contributed by atoms with Gasteiger partial charge < -0.3 is 28.2 Å². The number of hydrogen-bond acceptors (Lipinski definition) is 6. The number of aliphatic hydroxyl groups excluding tert-OH is 2. The maximum atomic E-state index is 9.09. The molecule has 0 rings (SSSR count). The first kappa shape index (κ1) is 18.0. The molecule has 0 fully saturated rings. The third kappa shape index (κ3) is 7.42. The summed E-state index contributed by atoms with van der Waals surface area (Å²) in [5.41, 5.74) is 0. The van der Waals surface area contributed by atoms with Crippen molar-refractivity contribution in [2.45, 2.75) is 32.4 Å². The van der Waals surface area contributed by atoms with Gasteiger partial charge >= 0.3 is 8.80 Å². The predicted octanol–water partition coefficient (Wildman–Crippen LogP) is 0.405. The van der Waals surface area contributed by atoms with E-state index < -0.39 is 14.9 Å². The van der Waals surface area contributed by atoms with Crippen LogP contribution in [0.15, 0.2) is 0 Å². The topological polar surface area (TPSA) is 77.4 Å². The van der Waals surface area contributed by atoms with E-state index >= 15 is 0 Å². The van der Waals surface area contributed by atoms with Crippen LogP contribution in [0.5, 0.6) is 0 Å². The molecule has 0 radical (unpaired) electrons. The van der Waals surface area contributed by atoms with Gasteiger partial charge in [-0.25, -0.2) is 0 Å². The average Bonchev–Trinajstić information content (AvgIpc) is 2.38. The number of rotatable bonds is 12. The van der Waals surface area contributed by atoms with E-state index in [-0.39, 0.29) is 13.2 Å². The lowest BCUT2D eigenvalue weighted by Gasteiger charge is -2.27. The van der Waals surface area contributed by atoms with Gasteiger partial charge in [0.1, 0.15) is 6.10 Å². The molecular formula is C11H26O6Si. The smallest absolute Gasteiger partial charge is 0.394 e. The van der Waals surface area contributed by atoms with Gasteiger partial charge in [0.05, 0.1) is 13.2 Å². The Kier molecular flexibility index (Phi) is 10.8. The standard InChI is InChI=1S/C11H26O6Si/c1-4-16-18(14-3,17-5-2)8-6-7-15-10-11(13)9-12/h11-13H,4-10H2,1-3H3. The molecule has 0 aliphatic carbocycles. The molecule has 18 heavy (non-hydrogen) atoms. The van der Waals surface area contributed by atoms with Crippen molar-refractivity contribution >= 4 is 8.80 Å². The second-order valence-corrected chi connectivity index (χ2v) is 6.62. The van der Waals surface area contributed by atoms with E-state index in [0.29, 0.717) is 25.9 Å². The van der Waals surface area contributed by atoms with Crippen molar-refractivity contribution < 1.29 is 28.2 Å². The quantitative estimate of drug-likeness (QED) is 0.399. The summed E-state index contributed by atoms with van der Waals surface area (Å²) in [5.74, 6) is 0. The molecule has 1 unspecified atom stereocenters. The summed E-state index contributed by atoms with van der Waals surface area (Å²) in [5, 5.41) is 17.7. The summed E-state index contributed by atoms with van der Waals surface area (Å²) in [6, 6.07) is 0.681. The fourth-order valence-electron chi connectivity index (χ4n) is 1.51. The van der Waals surface area contributed by atoms with Crippen molar-refractivity contribution in [3.63, 3.8) is 0 Å². The largest absolute Gasteiger partial charge is 0.500 e. The van der Waals surface area contributed by atoms with Crippen LogP contribution in [0.25, 0.3) is 0 Å². The molecule has 0 bridgehead atoms. The van der Waals surface area contributed by atoms with Crippen molar-refractivity contribution in [2.24, 2.45) is 0 Å². The molecule has 0 heterocycles. The molecule has 0 aliphatic rings. The SMILES string of the molecule is CCO[Si](CCCOCC(O)CO)(OC)OCC. The number of hydrogen-bond donors (Lipinski definition) is 2. The van der Waals surface area contributed by atoms with Gasteiger partial charge in [0.15, 0.2) is 0 Å². The van der Waals surface area contributed by atoms with E-state index in [1.165, 1.54) is 0 Å². The molecule has 6 nitrogen and oxygen atoms in total. The molecular weight excluding hydrogens is 256 g/mol. The van der Waals surface area contributed by atoms with Crippen molar-refractivity contribution in [1.29, 1.82) is 0 Å². The third-order valence-corrected chi connectivity index (χ3v) is 5.38. The molecule has 1 atom stereocenters. The van der Waals surface area contributed by atoms with Crippen LogP contribution in [-0.2, 0) is 18.0 Å². The van der Waals surface area contributed by atoms with Gasteiger partial charge in [-0.2, -0.15) is 0 Å². The molecule has 7 heteroatoms. The fourth-order valence-corrected chi connectivity index (χ4v) is 3.78. The summed E-state index contributed by atoms with van der Waals surface area (Å²) in [4.78, 5) is 0. The molecule has 0 spiro atoms. The van der Waals surface area contributed by atoms with Crippen LogP contribution in [0.1, 0.15) is 20.3 Å². The molecule has 0 aromatic heterocycles. The first-order chi connectivity index (χ1) is 8.64. The minimum absolute atomic E-state index is 0.140. The van der Waals surface area contributed by atoms with Crippen LogP contribution in [-0.4, -0.2) is 65.3 Å². The monoisotopic (exact) mass is 282 g/mol. The lowest BCUT2D eigenvalue weighted by Crippen LogP contribution is -2.45. The second-order valence-electron chi connectivity index (χ2n) is 3.77. The number of ether oxygens (including phenoxy) is 1. The fraction of sp³-hybridized carbons (Fsp3) is 1.00. The Hall–Kier alpha value is -0.0231. The lowest BCUT2D eigenvalue weighted by molar-refractivity contribution is 0.00499. The molecule has 0 aromatic rings. The zero-order valence-corrected chi connectivity index (χ0v) is 12.6. The van der Waals surface area contributed by atoms with Gasteiger partial charge in [0, 0.05) is 33.0 Å². The minimum Gasteiger partial charge on any atom is -0.394 e. The van der Waals surface area contributed by atoms with Gasteiger partial charge in [-0.15, -0.1) is 0 Å². The predicted molar refractivity (Wildman–Crippen MR) is 69.4 cm³/mol. The van der Waals surface area contributed by atoms with E-state index in [1.54, 1.807) is 7.11 Å². The second kappa shape index (κ2) is 10.9. The highest BCUT2D eigenvalue weighted by atomic mass is 28.4. The van der Waals surface area contributed by atoms with Crippen LogP contribution in [0.2, 0.25) is 6.04 Å². The molecule has 110 valence electrons. The lowest BCUT2D eigenvalue weighted by atomic mass is 10.4. The van der Waals surface area contributed by atoms with Gasteiger partial charge in [0.25, 0.3) is 0 Å². The Morgan fingerprint density at radius 1 is 1.17 bits per heavy atom. The maximum absolute atomic E-state index is 9.09. The molecule has 0 aliphatic heterocycles. The Bertz CT molecular complexity index is 186. The normalized spacial score (nSPS) is 13.8. The van der Waals surface area contributed by atoms with E-state index in [4.69, 9.17) is 28.2 Å². The molecule has 0 aromatic carbocycles. The van der Waals surface area contributed by atoms with Gasteiger partial charge in [0.2, 0.25) is 0 Å². The Balaban J connectivity index is 3.88. The van der Waals surface area contributed by atoms with Crippen LogP contribution in [0.3, 0.4) is 0 Å². The van der Waals surface area contributed by atoms with Gasteiger partial charge in [-0.1, -0.05) is 0 Å². The highest BCUT2D eigenvalue weighted by Crippen LogP contribution is 2.17. The summed E-state index contributed by atoms with van der Waals surface area (Å²) in [6.45, 7) is 5.28. The summed E-state index contributed by atoms with van der Waals surface area (Å²) >= 11 is 0.